The van der Waals surface area contributed by atoms with Crippen molar-refractivity contribution in [1.29, 1.82) is 0 Å². The SMILES string of the molecule is CC(=O)NCCn1nc([C@H]2CCN(C[C@H]3CC=CCC3)C2)c2nccnc21. The number of likely N-dealkylation sites (tertiary alicyclic amines) is 1. The van der Waals surface area contributed by atoms with Crippen molar-refractivity contribution in [2.24, 2.45) is 5.92 Å². The molecule has 2 aliphatic rings. The van der Waals surface area contributed by atoms with Crippen LogP contribution in [0.1, 0.15) is 44.2 Å². The molecule has 0 saturated carbocycles. The van der Waals surface area contributed by atoms with Gasteiger partial charge < -0.3 is 10.2 Å². The number of fused-ring (bicyclic) bond motifs is 1. The van der Waals surface area contributed by atoms with Crippen molar-refractivity contribution in [3.05, 3.63) is 30.2 Å². The number of rotatable bonds is 6. The van der Waals surface area contributed by atoms with E-state index in [1.54, 1.807) is 12.4 Å². The maximum absolute atomic E-state index is 11.1. The molecule has 1 aliphatic carbocycles. The Labute approximate surface area is 159 Å². The fourth-order valence-corrected chi connectivity index (χ4v) is 4.30. The predicted octanol–water partition coefficient (Wildman–Crippen LogP) is 2.11. The molecule has 1 fully saturated rings. The van der Waals surface area contributed by atoms with Crippen LogP contribution in [0.3, 0.4) is 0 Å². The molecule has 1 saturated heterocycles. The molecule has 7 heteroatoms. The highest BCUT2D eigenvalue weighted by Crippen LogP contribution is 2.31. The number of aromatic nitrogens is 4. The number of nitrogens with zero attached hydrogens (tertiary/aromatic N) is 5. The second-order valence-electron chi connectivity index (χ2n) is 7.72. The molecular weight excluding hydrogens is 340 g/mol. The van der Waals surface area contributed by atoms with Gasteiger partial charge in [0.25, 0.3) is 0 Å². The number of allylic oxidation sites excluding steroid dienone is 2. The van der Waals surface area contributed by atoms with Gasteiger partial charge in [-0.25, -0.2) is 14.6 Å². The smallest absolute Gasteiger partial charge is 0.216 e. The fraction of sp³-hybridized carbons (Fsp3) is 0.600. The molecule has 0 bridgehead atoms. The lowest BCUT2D eigenvalue weighted by molar-refractivity contribution is -0.118. The lowest BCUT2D eigenvalue weighted by Gasteiger charge is -2.24. The van der Waals surface area contributed by atoms with Gasteiger partial charge in [0.1, 0.15) is 5.52 Å². The first-order valence-corrected chi connectivity index (χ1v) is 10.00. The van der Waals surface area contributed by atoms with Crippen LogP contribution < -0.4 is 5.32 Å². The van der Waals surface area contributed by atoms with Crippen molar-refractivity contribution in [2.45, 2.75) is 45.1 Å². The van der Waals surface area contributed by atoms with Crippen LogP contribution in [0.25, 0.3) is 11.2 Å². The maximum atomic E-state index is 11.1. The predicted molar refractivity (Wildman–Crippen MR) is 104 cm³/mol. The van der Waals surface area contributed by atoms with Gasteiger partial charge in [0.05, 0.1) is 12.2 Å². The molecule has 4 rings (SSSR count). The first-order chi connectivity index (χ1) is 13.2. The Morgan fingerprint density at radius 3 is 2.96 bits per heavy atom. The van der Waals surface area contributed by atoms with E-state index in [9.17, 15) is 4.79 Å². The summed E-state index contributed by atoms with van der Waals surface area (Å²) in [6.07, 6.45) is 13.0. The molecule has 144 valence electrons. The van der Waals surface area contributed by atoms with E-state index in [-0.39, 0.29) is 5.91 Å². The number of hydrogen-bond donors (Lipinski definition) is 1. The lowest BCUT2D eigenvalue weighted by atomic mass is 9.94. The summed E-state index contributed by atoms with van der Waals surface area (Å²) in [6, 6.07) is 0. The summed E-state index contributed by atoms with van der Waals surface area (Å²) in [7, 11) is 0. The fourth-order valence-electron chi connectivity index (χ4n) is 4.30. The van der Waals surface area contributed by atoms with Crippen LogP contribution in [0.2, 0.25) is 0 Å². The Morgan fingerprint density at radius 1 is 1.26 bits per heavy atom. The van der Waals surface area contributed by atoms with Gasteiger partial charge in [-0.2, -0.15) is 5.10 Å². The average Bonchev–Trinajstić information content (AvgIpc) is 3.27. The molecule has 1 aliphatic heterocycles. The Balaban J connectivity index is 1.46. The minimum Gasteiger partial charge on any atom is -0.354 e. The summed E-state index contributed by atoms with van der Waals surface area (Å²) in [5, 5.41) is 7.68. The third-order valence-electron chi connectivity index (χ3n) is 5.65. The van der Waals surface area contributed by atoms with E-state index in [0.29, 0.717) is 19.0 Å². The van der Waals surface area contributed by atoms with Gasteiger partial charge >= 0.3 is 0 Å². The number of carbonyl (C=O) groups excluding carboxylic acids is 1. The molecule has 2 aromatic rings. The van der Waals surface area contributed by atoms with E-state index in [0.717, 1.165) is 42.3 Å². The van der Waals surface area contributed by atoms with Crippen LogP contribution >= 0.6 is 0 Å². The van der Waals surface area contributed by atoms with Crippen molar-refractivity contribution < 1.29 is 4.79 Å². The summed E-state index contributed by atoms with van der Waals surface area (Å²) < 4.78 is 1.89. The van der Waals surface area contributed by atoms with Crippen molar-refractivity contribution >= 4 is 17.1 Å². The quantitative estimate of drug-likeness (QED) is 0.791. The summed E-state index contributed by atoms with van der Waals surface area (Å²) >= 11 is 0. The van der Waals surface area contributed by atoms with Crippen LogP contribution in [0.15, 0.2) is 24.5 Å². The van der Waals surface area contributed by atoms with E-state index in [1.165, 1.54) is 32.7 Å². The normalized spacial score (nSPS) is 23.1. The van der Waals surface area contributed by atoms with Crippen molar-refractivity contribution in [3.8, 4) is 0 Å². The van der Waals surface area contributed by atoms with Gasteiger partial charge in [-0.15, -0.1) is 0 Å². The molecule has 3 heterocycles. The van der Waals surface area contributed by atoms with Gasteiger partial charge in [0.2, 0.25) is 5.91 Å². The van der Waals surface area contributed by atoms with Gasteiger partial charge in [0, 0.05) is 44.9 Å². The van der Waals surface area contributed by atoms with Gasteiger partial charge in [-0.05, 0) is 38.1 Å². The minimum atomic E-state index is -0.0261. The molecule has 0 aromatic carbocycles. The van der Waals surface area contributed by atoms with Crippen LogP contribution in [0, 0.1) is 5.92 Å². The Morgan fingerprint density at radius 2 is 2.15 bits per heavy atom. The lowest BCUT2D eigenvalue weighted by Crippen LogP contribution is -2.28. The molecule has 2 atom stereocenters. The Kier molecular flexibility index (Phi) is 5.48. The first kappa shape index (κ1) is 18.1. The zero-order valence-electron chi connectivity index (χ0n) is 16.0. The maximum Gasteiger partial charge on any atom is 0.216 e. The van der Waals surface area contributed by atoms with E-state index < -0.39 is 0 Å². The Bertz CT molecular complexity index is 829. The van der Waals surface area contributed by atoms with E-state index in [2.05, 4.69) is 32.3 Å². The Hall–Kier alpha value is -2.28. The number of nitrogens with one attached hydrogen (secondary N) is 1. The number of amides is 1. The van der Waals surface area contributed by atoms with E-state index >= 15 is 0 Å². The van der Waals surface area contributed by atoms with Crippen molar-refractivity contribution in [2.75, 3.05) is 26.2 Å². The summed E-state index contributed by atoms with van der Waals surface area (Å²) in [4.78, 5) is 22.8. The van der Waals surface area contributed by atoms with Gasteiger partial charge in [0.15, 0.2) is 5.65 Å². The topological polar surface area (TPSA) is 75.9 Å². The second-order valence-corrected chi connectivity index (χ2v) is 7.72. The molecule has 0 spiro atoms. The van der Waals surface area contributed by atoms with Crippen LogP contribution in [-0.4, -0.2) is 56.7 Å². The zero-order chi connectivity index (χ0) is 18.6. The van der Waals surface area contributed by atoms with Crippen molar-refractivity contribution in [1.82, 2.24) is 30.0 Å². The van der Waals surface area contributed by atoms with Crippen LogP contribution in [0.5, 0.6) is 0 Å². The van der Waals surface area contributed by atoms with Crippen LogP contribution in [-0.2, 0) is 11.3 Å². The third kappa shape index (κ3) is 4.18. The molecule has 0 radical (unpaired) electrons. The van der Waals surface area contributed by atoms with E-state index in [1.807, 2.05) is 4.68 Å². The molecule has 1 N–H and O–H groups in total. The standard InChI is InChI=1S/C20H28N6O/c1-15(27)21-10-12-26-20-19(22-8-9-23-20)18(24-26)17-7-11-25(14-17)13-16-5-3-2-4-6-16/h2-3,8-9,16-17H,4-7,10-14H2,1H3,(H,21,27)/t16-,17-/m0/s1. The van der Waals surface area contributed by atoms with Crippen molar-refractivity contribution in [3.63, 3.8) is 0 Å². The third-order valence-corrected chi connectivity index (χ3v) is 5.65. The largest absolute Gasteiger partial charge is 0.354 e. The van der Waals surface area contributed by atoms with E-state index in [4.69, 9.17) is 5.10 Å². The molecule has 7 nitrogen and oxygen atoms in total. The zero-order valence-corrected chi connectivity index (χ0v) is 16.0. The number of hydrogen-bond acceptors (Lipinski definition) is 5. The molecule has 0 unspecified atom stereocenters. The van der Waals surface area contributed by atoms with Gasteiger partial charge in [-0.3, -0.25) is 4.79 Å². The second kappa shape index (κ2) is 8.17. The highest BCUT2D eigenvalue weighted by Gasteiger charge is 2.30. The van der Waals surface area contributed by atoms with Gasteiger partial charge in [-0.1, -0.05) is 12.2 Å². The highest BCUT2D eigenvalue weighted by atomic mass is 16.1. The van der Waals surface area contributed by atoms with Crippen LogP contribution in [0.4, 0.5) is 0 Å². The summed E-state index contributed by atoms with van der Waals surface area (Å²) in [5.41, 5.74) is 2.79. The molecule has 27 heavy (non-hydrogen) atoms. The molecule has 1 amide bonds. The average molecular weight is 368 g/mol. The summed E-state index contributed by atoms with van der Waals surface area (Å²) in [5.74, 6) is 1.17. The minimum absolute atomic E-state index is 0.0261. The molecule has 2 aromatic heterocycles. The first-order valence-electron chi connectivity index (χ1n) is 10.00. The monoisotopic (exact) mass is 368 g/mol. The summed E-state index contributed by atoms with van der Waals surface area (Å²) in [6.45, 7) is 6.06. The number of carbonyl (C=O) groups is 1. The molecular formula is C20H28N6O. The highest BCUT2D eigenvalue weighted by molar-refractivity contribution is 5.74.